The minimum Gasteiger partial charge on any atom is -0.469 e. The van der Waals surface area contributed by atoms with Gasteiger partial charge in [-0.05, 0) is 36.7 Å². The number of esters is 1. The summed E-state index contributed by atoms with van der Waals surface area (Å²) < 4.78 is 10.9. The molecule has 0 bridgehead atoms. The second-order valence-corrected chi connectivity index (χ2v) is 10.8. The Labute approximate surface area is 118 Å². The first kappa shape index (κ1) is 17.9. The van der Waals surface area contributed by atoms with Crippen molar-refractivity contribution in [3.8, 4) is 12.3 Å². The summed E-state index contributed by atoms with van der Waals surface area (Å²) in [5, 5.41) is 0.125. The van der Waals surface area contributed by atoms with Crippen molar-refractivity contribution in [3.63, 3.8) is 0 Å². The molecule has 0 aliphatic rings. The molecule has 0 N–H and O–H groups in total. The Morgan fingerprint density at radius 1 is 1.42 bits per heavy atom. The molecule has 108 valence electrons. The molecule has 0 saturated heterocycles. The van der Waals surface area contributed by atoms with E-state index in [9.17, 15) is 4.79 Å². The lowest BCUT2D eigenvalue weighted by Gasteiger charge is -2.38. The number of ether oxygens (including phenoxy) is 1. The van der Waals surface area contributed by atoms with Crippen LogP contribution in [-0.2, 0) is 14.0 Å². The zero-order valence-corrected chi connectivity index (χ0v) is 13.9. The summed E-state index contributed by atoms with van der Waals surface area (Å²) >= 11 is 0. The molecule has 0 aromatic rings. The molecule has 0 unspecified atom stereocenters. The number of hydrogen-bond donors (Lipinski definition) is 0. The average molecular weight is 282 g/mol. The molecule has 0 aliphatic heterocycles. The Hall–Kier alpha value is -1.05. The molecule has 3 nitrogen and oxygen atoms in total. The molecule has 0 saturated carbocycles. The lowest BCUT2D eigenvalue weighted by atomic mass is 10.2. The van der Waals surface area contributed by atoms with E-state index in [1.165, 1.54) is 7.11 Å². The fourth-order valence-electron chi connectivity index (χ4n) is 1.27. The van der Waals surface area contributed by atoms with Gasteiger partial charge in [-0.2, -0.15) is 0 Å². The third kappa shape index (κ3) is 6.60. The van der Waals surface area contributed by atoms with E-state index >= 15 is 0 Å². The average Bonchev–Trinajstić information content (AvgIpc) is 2.30. The van der Waals surface area contributed by atoms with E-state index in [0.29, 0.717) is 12.8 Å². The molecule has 0 aliphatic carbocycles. The number of methoxy groups -OCH3 is 1. The lowest BCUT2D eigenvalue weighted by Crippen LogP contribution is -2.43. The summed E-state index contributed by atoms with van der Waals surface area (Å²) in [5.41, 5.74) is 0. The molecule has 0 radical (unpaired) electrons. The van der Waals surface area contributed by atoms with Gasteiger partial charge in [0.25, 0.3) is 0 Å². The van der Waals surface area contributed by atoms with Crippen LogP contribution in [0, 0.1) is 12.3 Å². The molecule has 0 spiro atoms. The van der Waals surface area contributed by atoms with Gasteiger partial charge in [-0.15, -0.1) is 6.42 Å². The fraction of sp³-hybridized carbons (Fsp3) is 0.667. The van der Waals surface area contributed by atoms with Gasteiger partial charge in [0.15, 0.2) is 8.32 Å². The van der Waals surface area contributed by atoms with Crippen LogP contribution in [-0.4, -0.2) is 27.5 Å². The molecule has 1 atom stereocenters. The van der Waals surface area contributed by atoms with Crippen molar-refractivity contribution < 1.29 is 14.0 Å². The first-order valence-electron chi connectivity index (χ1n) is 6.51. The zero-order chi connectivity index (χ0) is 15.1. The van der Waals surface area contributed by atoms with Crippen LogP contribution in [0.25, 0.3) is 0 Å². The van der Waals surface area contributed by atoms with Crippen LogP contribution in [0.4, 0.5) is 0 Å². The number of carbonyl (C=O) groups excluding carboxylic acids is 1. The van der Waals surface area contributed by atoms with Crippen molar-refractivity contribution in [3.05, 3.63) is 12.2 Å². The van der Waals surface area contributed by atoms with Crippen molar-refractivity contribution >= 4 is 14.3 Å². The number of terminal acetylenes is 1. The standard InChI is InChI=1S/C15H26O3Si/c1-8-9-10-13(11-12-14(16)17-5)18-19(6,7)15(2,3)4/h1,9-10,13H,11-12H2,2-7H3/b10-9+/t13-/m1/s1. The van der Waals surface area contributed by atoms with Crippen LogP contribution in [0.1, 0.15) is 33.6 Å². The number of rotatable bonds is 6. The summed E-state index contributed by atoms with van der Waals surface area (Å²) in [6, 6.07) is 0. The lowest BCUT2D eigenvalue weighted by molar-refractivity contribution is -0.141. The number of hydrogen-bond acceptors (Lipinski definition) is 3. The molecule has 0 fully saturated rings. The van der Waals surface area contributed by atoms with Gasteiger partial charge < -0.3 is 9.16 Å². The highest BCUT2D eigenvalue weighted by molar-refractivity contribution is 6.74. The Morgan fingerprint density at radius 3 is 2.42 bits per heavy atom. The first-order chi connectivity index (χ1) is 8.64. The molecular weight excluding hydrogens is 256 g/mol. The van der Waals surface area contributed by atoms with Gasteiger partial charge in [0, 0.05) is 6.42 Å². The van der Waals surface area contributed by atoms with Crippen LogP contribution in [0.3, 0.4) is 0 Å². The highest BCUT2D eigenvalue weighted by Crippen LogP contribution is 2.37. The maximum absolute atomic E-state index is 11.2. The quantitative estimate of drug-likeness (QED) is 0.425. The van der Waals surface area contributed by atoms with Crippen molar-refractivity contribution in [1.29, 1.82) is 0 Å². The molecule has 0 rings (SSSR count). The molecule has 19 heavy (non-hydrogen) atoms. The summed E-state index contributed by atoms with van der Waals surface area (Å²) in [6.45, 7) is 10.9. The van der Waals surface area contributed by atoms with E-state index in [4.69, 9.17) is 10.8 Å². The van der Waals surface area contributed by atoms with Crippen LogP contribution >= 0.6 is 0 Å². The minimum absolute atomic E-state index is 0.125. The number of carbonyl (C=O) groups is 1. The van der Waals surface area contributed by atoms with Crippen LogP contribution in [0.5, 0.6) is 0 Å². The van der Waals surface area contributed by atoms with Crippen LogP contribution < -0.4 is 0 Å². The first-order valence-corrected chi connectivity index (χ1v) is 9.42. The zero-order valence-electron chi connectivity index (χ0n) is 12.9. The predicted molar refractivity (Wildman–Crippen MR) is 81.3 cm³/mol. The van der Waals surface area contributed by atoms with Crippen LogP contribution in [0.2, 0.25) is 18.1 Å². The van der Waals surface area contributed by atoms with Crippen molar-refractivity contribution in [2.45, 2.75) is 57.8 Å². The number of allylic oxidation sites excluding steroid dienone is 1. The molecule has 4 heteroatoms. The molecular formula is C15H26O3Si. The normalized spacial score (nSPS) is 14.2. The second-order valence-electron chi connectivity index (χ2n) is 6.06. The van der Waals surface area contributed by atoms with Crippen LogP contribution in [0.15, 0.2) is 12.2 Å². The van der Waals surface area contributed by atoms with Gasteiger partial charge in [0.1, 0.15) is 0 Å². The maximum atomic E-state index is 11.2. The molecule has 0 aromatic heterocycles. The molecule has 0 amide bonds. The predicted octanol–water partition coefficient (Wildman–Crippen LogP) is 3.52. The fourth-order valence-corrected chi connectivity index (χ4v) is 2.58. The monoisotopic (exact) mass is 282 g/mol. The van der Waals surface area contributed by atoms with Gasteiger partial charge in [-0.1, -0.05) is 26.7 Å². The third-order valence-electron chi connectivity index (χ3n) is 3.52. The Morgan fingerprint density at radius 2 is 2.00 bits per heavy atom. The van der Waals surface area contributed by atoms with Gasteiger partial charge >= 0.3 is 5.97 Å². The Kier molecular flexibility index (Phi) is 7.10. The summed E-state index contributed by atoms with van der Waals surface area (Å²) in [7, 11) is -0.480. The maximum Gasteiger partial charge on any atom is 0.305 e. The topological polar surface area (TPSA) is 35.5 Å². The third-order valence-corrected chi connectivity index (χ3v) is 8.02. The Balaban J connectivity index is 4.74. The SMILES string of the molecule is C#C/C=C/[C@H](CCC(=O)OC)O[Si](C)(C)C(C)(C)C. The van der Waals surface area contributed by atoms with E-state index in [-0.39, 0.29) is 17.1 Å². The molecule has 0 aromatic carbocycles. The van der Waals surface area contributed by atoms with Gasteiger partial charge in [0.05, 0.1) is 13.2 Å². The Bertz CT molecular complexity index is 359. The van der Waals surface area contributed by atoms with E-state index < -0.39 is 8.32 Å². The highest BCUT2D eigenvalue weighted by Gasteiger charge is 2.38. The summed E-state index contributed by atoms with van der Waals surface area (Å²) in [6.07, 6.45) is 9.52. The van der Waals surface area contributed by atoms with E-state index in [2.05, 4.69) is 44.5 Å². The largest absolute Gasteiger partial charge is 0.469 e. The van der Waals surface area contributed by atoms with Gasteiger partial charge in [-0.3, -0.25) is 4.79 Å². The van der Waals surface area contributed by atoms with Crippen molar-refractivity contribution in [2.75, 3.05) is 7.11 Å². The summed E-state index contributed by atoms with van der Waals surface area (Å²) in [4.78, 5) is 11.2. The summed E-state index contributed by atoms with van der Waals surface area (Å²) in [5.74, 6) is 2.24. The highest BCUT2D eigenvalue weighted by atomic mass is 28.4. The van der Waals surface area contributed by atoms with Gasteiger partial charge in [-0.25, -0.2) is 0 Å². The van der Waals surface area contributed by atoms with Gasteiger partial charge in [0.2, 0.25) is 0 Å². The minimum atomic E-state index is -1.87. The van der Waals surface area contributed by atoms with Crippen molar-refractivity contribution in [1.82, 2.24) is 0 Å². The smallest absolute Gasteiger partial charge is 0.305 e. The molecule has 0 heterocycles. The van der Waals surface area contributed by atoms with E-state index in [0.717, 1.165) is 0 Å². The van der Waals surface area contributed by atoms with E-state index in [1.54, 1.807) is 6.08 Å². The second kappa shape index (κ2) is 7.52. The van der Waals surface area contributed by atoms with Crippen molar-refractivity contribution in [2.24, 2.45) is 0 Å². The van der Waals surface area contributed by atoms with E-state index in [1.807, 2.05) is 6.08 Å².